The largest absolute Gasteiger partial charge is 0.507 e. The number of aliphatic hydroxyl groups is 1. The maximum absolute atomic E-state index is 12.7. The number of carboxylic acid groups (broad SMARTS) is 1. The van der Waals surface area contributed by atoms with Crippen molar-refractivity contribution in [2.75, 3.05) is 7.11 Å². The van der Waals surface area contributed by atoms with Crippen molar-refractivity contribution in [3.05, 3.63) is 63.6 Å². The van der Waals surface area contributed by atoms with E-state index in [0.717, 1.165) is 0 Å². The highest BCUT2D eigenvalue weighted by Crippen LogP contribution is 2.53. The fourth-order valence-electron chi connectivity index (χ4n) is 4.26. The Kier molecular flexibility index (Phi) is 6.43. The van der Waals surface area contributed by atoms with Crippen molar-refractivity contribution < 1.29 is 29.6 Å². The maximum Gasteiger partial charge on any atom is 0.342 e. The molecular weight excluding hydrogens is 408 g/mol. The minimum absolute atomic E-state index is 0.0578. The molecule has 1 unspecified atom stereocenters. The van der Waals surface area contributed by atoms with E-state index in [4.69, 9.17) is 16.3 Å². The lowest BCUT2D eigenvalue weighted by Gasteiger charge is -2.45. The number of aromatic hydroxyl groups is 1. The predicted octanol–water partition coefficient (Wildman–Crippen LogP) is 5.28. The van der Waals surface area contributed by atoms with Crippen molar-refractivity contribution in [3.8, 4) is 5.75 Å². The van der Waals surface area contributed by atoms with Crippen molar-refractivity contribution in [2.45, 2.75) is 34.6 Å². The zero-order chi connectivity index (χ0) is 23.0. The fraction of sp³-hybridized carbons (Fsp3) is 0.391. The summed E-state index contributed by atoms with van der Waals surface area (Å²) in [7, 11) is 1.33. The molecule has 0 aromatic heterocycles. The third-order valence-corrected chi connectivity index (χ3v) is 5.51. The molecule has 0 aliphatic heterocycles. The molecule has 30 heavy (non-hydrogen) atoms. The van der Waals surface area contributed by atoms with E-state index in [-0.39, 0.29) is 28.4 Å². The number of ketones is 1. The van der Waals surface area contributed by atoms with Crippen molar-refractivity contribution >= 4 is 23.4 Å². The number of phenolic OH excluding ortho intramolecular Hbond substituents is 1. The van der Waals surface area contributed by atoms with Crippen LogP contribution in [0.2, 0.25) is 5.02 Å². The van der Waals surface area contributed by atoms with Crippen molar-refractivity contribution in [2.24, 2.45) is 16.7 Å². The summed E-state index contributed by atoms with van der Waals surface area (Å²) in [5.41, 5.74) is -1.01. The second-order valence-corrected chi connectivity index (χ2v) is 9.24. The van der Waals surface area contributed by atoms with Crippen LogP contribution in [0.25, 0.3) is 0 Å². The van der Waals surface area contributed by atoms with Gasteiger partial charge in [-0.1, -0.05) is 52.3 Å². The molecule has 3 N–H and O–H groups in total. The van der Waals surface area contributed by atoms with Crippen LogP contribution >= 0.6 is 11.6 Å². The molecule has 0 fully saturated rings. The van der Waals surface area contributed by atoms with E-state index in [0.29, 0.717) is 10.6 Å². The number of carbonyl (C=O) groups excluding carboxylic acids is 1. The summed E-state index contributed by atoms with van der Waals surface area (Å²) in [6, 6.07) is 4.18. The van der Waals surface area contributed by atoms with E-state index in [1.807, 2.05) is 34.6 Å². The molecule has 1 aromatic rings. The predicted molar refractivity (Wildman–Crippen MR) is 115 cm³/mol. The van der Waals surface area contributed by atoms with Crippen LogP contribution in [0, 0.1) is 16.7 Å². The van der Waals surface area contributed by atoms with E-state index in [9.17, 15) is 24.9 Å². The van der Waals surface area contributed by atoms with Crippen molar-refractivity contribution in [3.63, 3.8) is 0 Å². The van der Waals surface area contributed by atoms with Gasteiger partial charge in [0.25, 0.3) is 0 Å². The standard InChI is InChI=1S/C23H27ClO6/c1-22(2,3)20-18(27)17(21(28)29)19(30-6)14(23(20,4)5)9-10-15(25)13-8-7-12(24)11-16(13)26/h7-11,14,26-27H,1-6H3,(H,28,29). The highest BCUT2D eigenvalue weighted by Gasteiger charge is 2.48. The minimum atomic E-state index is -1.32. The average molecular weight is 435 g/mol. The number of methoxy groups -OCH3 is 1. The second-order valence-electron chi connectivity index (χ2n) is 8.81. The number of rotatable bonds is 5. The summed E-state index contributed by atoms with van der Waals surface area (Å²) in [5.74, 6) is -2.94. The lowest BCUT2D eigenvalue weighted by atomic mass is 9.60. The smallest absolute Gasteiger partial charge is 0.342 e. The molecule has 0 spiro atoms. The van der Waals surface area contributed by atoms with Gasteiger partial charge in [0, 0.05) is 16.4 Å². The summed E-state index contributed by atoms with van der Waals surface area (Å²) in [6.45, 7) is 9.38. The van der Waals surface area contributed by atoms with Gasteiger partial charge in [0.15, 0.2) is 5.78 Å². The van der Waals surface area contributed by atoms with Crippen LogP contribution in [0.4, 0.5) is 0 Å². The molecule has 1 aliphatic carbocycles. The van der Waals surface area contributed by atoms with Gasteiger partial charge in [-0.2, -0.15) is 0 Å². The number of carboxylic acids is 1. The molecule has 0 heterocycles. The Morgan fingerprint density at radius 3 is 2.27 bits per heavy atom. The summed E-state index contributed by atoms with van der Waals surface area (Å²) in [5, 5.41) is 30.9. The average Bonchev–Trinajstić information content (AvgIpc) is 2.57. The van der Waals surface area contributed by atoms with Crippen LogP contribution in [0.1, 0.15) is 45.0 Å². The molecule has 1 aromatic carbocycles. The quantitative estimate of drug-likeness (QED) is 0.430. The van der Waals surface area contributed by atoms with Gasteiger partial charge < -0.3 is 20.1 Å². The minimum Gasteiger partial charge on any atom is -0.507 e. The molecular formula is C23H27ClO6. The molecule has 7 heteroatoms. The van der Waals surface area contributed by atoms with Gasteiger partial charge in [0.1, 0.15) is 22.8 Å². The Morgan fingerprint density at radius 2 is 1.80 bits per heavy atom. The highest BCUT2D eigenvalue weighted by atomic mass is 35.5. The summed E-state index contributed by atoms with van der Waals surface area (Å²) in [4.78, 5) is 24.6. The number of aliphatic carboxylic acids is 1. The number of ether oxygens (including phenoxy) is 1. The van der Waals surface area contributed by atoms with E-state index in [1.54, 1.807) is 6.08 Å². The SMILES string of the molecule is COC1=C(C(=O)O)C(O)=C(C(C)(C)C)C(C)(C)C1C=CC(=O)c1ccc(Cl)cc1O. The van der Waals surface area contributed by atoms with Crippen LogP contribution in [0.3, 0.4) is 0 Å². The number of benzene rings is 1. The summed E-state index contributed by atoms with van der Waals surface area (Å²) in [6.07, 6.45) is 2.83. The second kappa shape index (κ2) is 8.19. The molecule has 1 aliphatic rings. The van der Waals surface area contributed by atoms with Gasteiger partial charge in [-0.15, -0.1) is 0 Å². The molecule has 6 nitrogen and oxygen atoms in total. The van der Waals surface area contributed by atoms with Gasteiger partial charge in [0.2, 0.25) is 0 Å². The van der Waals surface area contributed by atoms with Crippen molar-refractivity contribution in [1.29, 1.82) is 0 Å². The maximum atomic E-state index is 12.7. The molecule has 162 valence electrons. The topological polar surface area (TPSA) is 104 Å². The van der Waals surface area contributed by atoms with Crippen LogP contribution in [-0.4, -0.2) is 34.2 Å². The Labute approximate surface area is 181 Å². The van der Waals surface area contributed by atoms with Crippen LogP contribution < -0.4 is 0 Å². The Hall–Kier alpha value is -2.73. The van der Waals surface area contributed by atoms with Crippen molar-refractivity contribution in [1.82, 2.24) is 0 Å². The number of allylic oxidation sites excluding steroid dienone is 3. The van der Waals surface area contributed by atoms with Gasteiger partial charge >= 0.3 is 5.97 Å². The van der Waals surface area contributed by atoms with Crippen LogP contribution in [0.15, 0.2) is 53.0 Å². The first-order chi connectivity index (χ1) is 13.7. The van der Waals surface area contributed by atoms with E-state index in [2.05, 4.69) is 0 Å². The molecule has 0 saturated heterocycles. The Morgan fingerprint density at radius 1 is 1.20 bits per heavy atom. The first kappa shape index (κ1) is 23.5. The van der Waals surface area contributed by atoms with E-state index >= 15 is 0 Å². The summed E-state index contributed by atoms with van der Waals surface area (Å²) < 4.78 is 5.40. The lowest BCUT2D eigenvalue weighted by Crippen LogP contribution is -2.39. The monoisotopic (exact) mass is 434 g/mol. The molecule has 1 atom stereocenters. The van der Waals surface area contributed by atoms with Gasteiger partial charge in [-0.3, -0.25) is 4.79 Å². The molecule has 0 radical (unpaired) electrons. The Bertz CT molecular complexity index is 976. The first-order valence-electron chi connectivity index (χ1n) is 9.40. The van der Waals surface area contributed by atoms with Gasteiger partial charge in [-0.25, -0.2) is 4.79 Å². The van der Waals surface area contributed by atoms with Crippen LogP contribution in [0.5, 0.6) is 5.75 Å². The third-order valence-electron chi connectivity index (χ3n) is 5.27. The third kappa shape index (κ3) is 4.24. The number of aliphatic hydroxyl groups excluding tert-OH is 1. The van der Waals surface area contributed by atoms with E-state index in [1.165, 1.54) is 31.4 Å². The number of phenols is 1. The Balaban J connectivity index is 2.63. The number of carbonyl (C=O) groups is 2. The highest BCUT2D eigenvalue weighted by molar-refractivity contribution is 6.31. The van der Waals surface area contributed by atoms with E-state index < -0.39 is 28.5 Å². The first-order valence-corrected chi connectivity index (χ1v) is 9.78. The number of halogens is 1. The number of hydrogen-bond donors (Lipinski definition) is 3. The zero-order valence-electron chi connectivity index (χ0n) is 17.9. The lowest BCUT2D eigenvalue weighted by molar-refractivity contribution is -0.133. The molecule has 0 amide bonds. The normalized spacial score (nSPS) is 19.4. The number of hydrogen-bond acceptors (Lipinski definition) is 5. The molecule has 0 bridgehead atoms. The molecule has 2 rings (SSSR count). The molecule has 0 saturated carbocycles. The summed E-state index contributed by atoms with van der Waals surface area (Å²) >= 11 is 5.82. The zero-order valence-corrected chi connectivity index (χ0v) is 18.7. The van der Waals surface area contributed by atoms with Gasteiger partial charge in [-0.05, 0) is 35.3 Å². The fourth-order valence-corrected chi connectivity index (χ4v) is 4.42. The van der Waals surface area contributed by atoms with Gasteiger partial charge in [0.05, 0.1) is 12.7 Å². The van der Waals surface area contributed by atoms with Crippen LogP contribution in [-0.2, 0) is 9.53 Å².